The molecule has 0 spiro atoms. The van der Waals surface area contributed by atoms with Crippen LogP contribution in [0, 0.1) is 28.9 Å². The zero-order valence-corrected chi connectivity index (χ0v) is 25.5. The van der Waals surface area contributed by atoms with Gasteiger partial charge in [-0.1, -0.05) is 30.3 Å². The van der Waals surface area contributed by atoms with Gasteiger partial charge >= 0.3 is 0 Å². The van der Waals surface area contributed by atoms with Crippen molar-refractivity contribution < 1.29 is 23.2 Å². The van der Waals surface area contributed by atoms with Crippen LogP contribution in [0.15, 0.2) is 60.8 Å². The molecule has 4 heterocycles. The van der Waals surface area contributed by atoms with Crippen LogP contribution in [0.1, 0.15) is 64.3 Å². The molecule has 47 heavy (non-hydrogen) atoms. The van der Waals surface area contributed by atoms with E-state index in [0.717, 1.165) is 40.8 Å². The number of nitrogens with one attached hydrogen (secondary N) is 1. The molecule has 11 heteroatoms. The molecule has 0 bridgehead atoms. The molecule has 3 N–H and O–H groups in total. The number of hydrogen-bond donors (Lipinski definition) is 2. The average Bonchev–Trinajstić information content (AvgIpc) is 3.36. The van der Waals surface area contributed by atoms with Gasteiger partial charge in [-0.2, -0.15) is 5.26 Å². The number of piperidine rings is 2. The number of benzene rings is 3. The van der Waals surface area contributed by atoms with Gasteiger partial charge in [-0.05, 0) is 77.9 Å². The van der Waals surface area contributed by atoms with E-state index in [2.05, 4.69) is 10.3 Å². The van der Waals surface area contributed by atoms with E-state index in [9.17, 15) is 18.8 Å². The van der Waals surface area contributed by atoms with Crippen molar-refractivity contribution in [3.8, 4) is 6.07 Å². The first-order valence-corrected chi connectivity index (χ1v) is 15.8. The molecule has 4 aromatic rings. The maximum atomic E-state index is 15.7. The summed E-state index contributed by atoms with van der Waals surface area (Å²) in [5, 5.41) is 12.9. The van der Waals surface area contributed by atoms with Crippen molar-refractivity contribution in [1.82, 2.24) is 10.3 Å². The molecule has 7 rings (SSSR count). The fourth-order valence-corrected chi connectivity index (χ4v) is 7.46. The van der Waals surface area contributed by atoms with Gasteiger partial charge in [0.15, 0.2) is 5.82 Å². The first kappa shape index (κ1) is 30.4. The third-order valence-corrected chi connectivity index (χ3v) is 9.88. The van der Waals surface area contributed by atoms with Gasteiger partial charge in [0.25, 0.3) is 5.91 Å². The van der Waals surface area contributed by atoms with Gasteiger partial charge in [-0.3, -0.25) is 24.6 Å². The Balaban J connectivity index is 1.09. The van der Waals surface area contributed by atoms with Crippen LogP contribution in [0.25, 0.3) is 10.8 Å². The monoisotopic (exact) mass is 634 g/mol. The summed E-state index contributed by atoms with van der Waals surface area (Å²) in [5.74, 6) is -1.80. The molecule has 2 fully saturated rings. The molecule has 238 valence electrons. The topological polar surface area (TPSA) is 132 Å². The molecule has 1 aromatic heterocycles. The Morgan fingerprint density at radius 2 is 1.77 bits per heavy atom. The van der Waals surface area contributed by atoms with Crippen LogP contribution in [-0.2, 0) is 16.0 Å². The molecule has 3 aliphatic rings. The molecular weight excluding hydrogens is 602 g/mol. The molecule has 2 unspecified atom stereocenters. The number of anilines is 2. The van der Waals surface area contributed by atoms with Gasteiger partial charge < -0.3 is 10.6 Å². The predicted molar refractivity (Wildman–Crippen MR) is 172 cm³/mol. The van der Waals surface area contributed by atoms with Gasteiger partial charge in [0, 0.05) is 42.9 Å². The fourth-order valence-electron chi connectivity index (χ4n) is 7.46. The summed E-state index contributed by atoms with van der Waals surface area (Å²) in [7, 11) is 0. The maximum absolute atomic E-state index is 15.7. The lowest BCUT2D eigenvalue weighted by Crippen LogP contribution is -2.53. The van der Waals surface area contributed by atoms with Crippen molar-refractivity contribution in [2.75, 3.05) is 29.4 Å². The molecule has 9 nitrogen and oxygen atoms in total. The Morgan fingerprint density at radius 3 is 2.47 bits per heavy atom. The third-order valence-electron chi connectivity index (χ3n) is 9.88. The van der Waals surface area contributed by atoms with Gasteiger partial charge in [-0.15, -0.1) is 0 Å². The highest BCUT2D eigenvalue weighted by molar-refractivity contribution is 6.27. The van der Waals surface area contributed by atoms with Crippen molar-refractivity contribution in [1.29, 1.82) is 5.26 Å². The van der Waals surface area contributed by atoms with E-state index in [1.807, 2.05) is 29.2 Å². The second kappa shape index (κ2) is 12.2. The molecule has 3 amide bonds. The molecule has 3 aliphatic heterocycles. The van der Waals surface area contributed by atoms with E-state index in [-0.39, 0.29) is 48.0 Å². The molecular formula is C36H32F2N6O3. The number of nitriles is 1. The summed E-state index contributed by atoms with van der Waals surface area (Å²) in [6.07, 6.45) is 3.61. The summed E-state index contributed by atoms with van der Waals surface area (Å²) in [4.78, 5) is 45.3. The van der Waals surface area contributed by atoms with Crippen LogP contribution in [0.4, 0.5) is 20.2 Å². The first-order valence-electron chi connectivity index (χ1n) is 15.8. The van der Waals surface area contributed by atoms with Crippen molar-refractivity contribution in [2.24, 2.45) is 11.7 Å². The van der Waals surface area contributed by atoms with Crippen molar-refractivity contribution in [3.63, 3.8) is 0 Å². The fraction of sp³-hybridized carbons (Fsp3) is 0.306. The van der Waals surface area contributed by atoms with Crippen molar-refractivity contribution >= 4 is 39.9 Å². The highest BCUT2D eigenvalue weighted by Crippen LogP contribution is 2.42. The summed E-state index contributed by atoms with van der Waals surface area (Å²) in [5.41, 5.74) is 9.92. The van der Waals surface area contributed by atoms with Crippen LogP contribution in [0.3, 0.4) is 0 Å². The number of imide groups is 1. The minimum Gasteiger partial charge on any atom is -0.368 e. The van der Waals surface area contributed by atoms with Crippen LogP contribution >= 0.6 is 0 Å². The summed E-state index contributed by atoms with van der Waals surface area (Å²) in [6, 6.07) is 16.6. The van der Waals surface area contributed by atoms with Gasteiger partial charge in [0.2, 0.25) is 11.8 Å². The van der Waals surface area contributed by atoms with Crippen molar-refractivity contribution in [3.05, 3.63) is 100 Å². The maximum Gasteiger partial charge on any atom is 0.259 e. The SMILES string of the molecule is N#Cc1cc(F)c(N2CCC(C(CN)c3ccc(Cc4ccc5c6c(cccc46)C(=O)N5C4CCC(=O)NC4=O)c(F)c3)CC2)cn1. The normalized spacial score (nSPS) is 18.9. The number of carbonyl (C=O) groups excluding carboxylic acids is 3. The van der Waals surface area contributed by atoms with E-state index >= 15 is 4.39 Å². The number of hydrogen-bond acceptors (Lipinski definition) is 7. The van der Waals surface area contributed by atoms with E-state index in [1.165, 1.54) is 11.1 Å². The Hall–Kier alpha value is -5.21. The number of carbonyl (C=O) groups is 3. The highest BCUT2D eigenvalue weighted by atomic mass is 19.1. The van der Waals surface area contributed by atoms with Crippen LogP contribution in [0.2, 0.25) is 0 Å². The summed E-state index contributed by atoms with van der Waals surface area (Å²) in [6.45, 7) is 1.55. The van der Waals surface area contributed by atoms with Crippen molar-refractivity contribution in [2.45, 2.75) is 44.1 Å². The number of nitrogens with two attached hydrogens (primary N) is 1. The largest absolute Gasteiger partial charge is 0.368 e. The van der Waals surface area contributed by atoms with E-state index in [1.54, 1.807) is 30.3 Å². The molecule has 0 radical (unpaired) electrons. The predicted octanol–water partition coefficient (Wildman–Crippen LogP) is 4.70. The lowest BCUT2D eigenvalue weighted by molar-refractivity contribution is -0.134. The smallest absolute Gasteiger partial charge is 0.259 e. The van der Waals surface area contributed by atoms with E-state index < -0.39 is 17.8 Å². The molecule has 3 aromatic carbocycles. The minimum absolute atomic E-state index is 0.0370. The number of rotatable bonds is 7. The Bertz CT molecular complexity index is 1980. The Morgan fingerprint density at radius 1 is 0.979 bits per heavy atom. The van der Waals surface area contributed by atoms with Crippen LogP contribution in [-0.4, -0.2) is 48.4 Å². The van der Waals surface area contributed by atoms with Gasteiger partial charge in [-0.25, -0.2) is 13.8 Å². The van der Waals surface area contributed by atoms with Crippen LogP contribution in [0.5, 0.6) is 0 Å². The summed E-state index contributed by atoms with van der Waals surface area (Å²) < 4.78 is 30.3. The van der Waals surface area contributed by atoms with Gasteiger partial charge in [0.05, 0.1) is 17.6 Å². The number of nitrogens with zero attached hydrogens (tertiary/aromatic N) is 4. The number of halogens is 2. The first-order chi connectivity index (χ1) is 22.8. The van der Waals surface area contributed by atoms with Gasteiger partial charge in [0.1, 0.15) is 23.6 Å². The van der Waals surface area contributed by atoms with E-state index in [4.69, 9.17) is 11.0 Å². The van der Waals surface area contributed by atoms with E-state index in [0.29, 0.717) is 48.6 Å². The molecule has 0 aliphatic carbocycles. The zero-order valence-electron chi connectivity index (χ0n) is 25.5. The second-order valence-electron chi connectivity index (χ2n) is 12.4. The average molecular weight is 635 g/mol. The lowest BCUT2D eigenvalue weighted by atomic mass is 9.79. The lowest BCUT2D eigenvalue weighted by Gasteiger charge is -2.37. The molecule has 2 saturated heterocycles. The summed E-state index contributed by atoms with van der Waals surface area (Å²) >= 11 is 0. The second-order valence-corrected chi connectivity index (χ2v) is 12.4. The standard InChI is InChI=1S/C36H32F2N6O3/c37-28-15-22(27(18-40)20-10-12-43(13-11-20)32-19-41-24(17-39)16-29(32)38)4-5-23(28)14-21-6-7-30-34-25(21)2-1-3-26(34)36(47)44(30)31-8-9-33(45)42-35(31)46/h1-7,15-16,19-20,27,31H,8-14,18,40H2,(H,42,45,46). The number of aromatic nitrogens is 1. The molecule has 2 atom stereocenters. The highest BCUT2D eigenvalue weighted by Gasteiger charge is 2.41. The quantitative estimate of drug-likeness (QED) is 0.282. The minimum atomic E-state index is -0.775. The third kappa shape index (κ3) is 5.38. The number of amides is 3. The Labute approximate surface area is 270 Å². The molecule has 0 saturated carbocycles. The Kier molecular flexibility index (Phi) is 7.90. The zero-order chi connectivity index (χ0) is 32.8. The van der Waals surface area contributed by atoms with Crippen LogP contribution < -0.4 is 20.9 Å². The number of pyridine rings is 1.